The SMILES string of the molecule is Cc1ccc(C)c(SCc2cccc(C#CCN)c2)c1. The predicted octanol–water partition coefficient (Wildman–Crippen LogP) is 3.91. The van der Waals surface area contributed by atoms with Gasteiger partial charge in [0, 0.05) is 16.2 Å². The van der Waals surface area contributed by atoms with Gasteiger partial charge < -0.3 is 5.73 Å². The maximum Gasteiger partial charge on any atom is 0.0555 e. The molecule has 0 atom stereocenters. The summed E-state index contributed by atoms with van der Waals surface area (Å²) in [5.41, 5.74) is 10.4. The summed E-state index contributed by atoms with van der Waals surface area (Å²) in [5, 5.41) is 0. The Hall–Kier alpha value is -1.69. The van der Waals surface area contributed by atoms with E-state index in [1.165, 1.54) is 21.6 Å². The van der Waals surface area contributed by atoms with Crippen LogP contribution in [0.3, 0.4) is 0 Å². The third-order valence-corrected chi connectivity index (χ3v) is 4.23. The van der Waals surface area contributed by atoms with Crippen molar-refractivity contribution in [3.8, 4) is 11.8 Å². The Bertz CT molecular complexity index is 650. The lowest BCUT2D eigenvalue weighted by atomic mass is 10.1. The van der Waals surface area contributed by atoms with E-state index in [1.54, 1.807) is 0 Å². The van der Waals surface area contributed by atoms with Crippen LogP contribution in [0.25, 0.3) is 0 Å². The smallest absolute Gasteiger partial charge is 0.0555 e. The fourth-order valence-corrected chi connectivity index (χ4v) is 2.98. The van der Waals surface area contributed by atoms with Crippen molar-refractivity contribution in [1.29, 1.82) is 0 Å². The van der Waals surface area contributed by atoms with Crippen LogP contribution in [0, 0.1) is 25.7 Å². The monoisotopic (exact) mass is 281 g/mol. The van der Waals surface area contributed by atoms with E-state index >= 15 is 0 Å². The minimum absolute atomic E-state index is 0.404. The standard InChI is InChI=1S/C18H19NS/c1-14-8-9-15(2)18(11-14)20-13-17-6-3-5-16(12-17)7-4-10-19/h3,5-6,8-9,11-12H,10,13,19H2,1-2H3. The van der Waals surface area contributed by atoms with Crippen LogP contribution in [-0.2, 0) is 5.75 Å². The Morgan fingerprint density at radius 2 is 1.95 bits per heavy atom. The summed E-state index contributed by atoms with van der Waals surface area (Å²) in [6, 6.07) is 14.9. The van der Waals surface area contributed by atoms with Crippen LogP contribution in [0.5, 0.6) is 0 Å². The van der Waals surface area contributed by atoms with Crippen LogP contribution in [0.2, 0.25) is 0 Å². The average molecular weight is 281 g/mol. The Morgan fingerprint density at radius 3 is 2.75 bits per heavy atom. The molecule has 0 amide bonds. The van der Waals surface area contributed by atoms with Gasteiger partial charge in [-0.1, -0.05) is 41.7 Å². The Labute approximate surface area is 125 Å². The van der Waals surface area contributed by atoms with Gasteiger partial charge in [0.15, 0.2) is 0 Å². The van der Waals surface area contributed by atoms with Gasteiger partial charge in [0.1, 0.15) is 0 Å². The Morgan fingerprint density at radius 1 is 1.10 bits per heavy atom. The molecule has 0 aromatic heterocycles. The summed E-state index contributed by atoms with van der Waals surface area (Å²) >= 11 is 1.87. The van der Waals surface area contributed by atoms with Crippen LogP contribution < -0.4 is 5.73 Å². The third-order valence-electron chi connectivity index (χ3n) is 3.00. The lowest BCUT2D eigenvalue weighted by Gasteiger charge is -2.07. The molecule has 20 heavy (non-hydrogen) atoms. The highest BCUT2D eigenvalue weighted by Crippen LogP contribution is 2.27. The summed E-state index contributed by atoms with van der Waals surface area (Å²) in [5.74, 6) is 6.93. The van der Waals surface area contributed by atoms with Gasteiger partial charge in [-0.25, -0.2) is 0 Å². The first-order valence-electron chi connectivity index (χ1n) is 6.67. The maximum atomic E-state index is 5.40. The van der Waals surface area contributed by atoms with Crippen molar-refractivity contribution in [2.75, 3.05) is 6.54 Å². The maximum absolute atomic E-state index is 5.40. The Kier molecular flexibility index (Phi) is 5.29. The van der Waals surface area contributed by atoms with Gasteiger partial charge in [0.05, 0.1) is 6.54 Å². The second kappa shape index (κ2) is 7.19. The summed E-state index contributed by atoms with van der Waals surface area (Å²) in [6.07, 6.45) is 0. The molecule has 102 valence electrons. The van der Waals surface area contributed by atoms with E-state index < -0.39 is 0 Å². The molecule has 0 saturated heterocycles. The molecule has 2 rings (SSSR count). The summed E-state index contributed by atoms with van der Waals surface area (Å²) in [7, 11) is 0. The average Bonchev–Trinajstić information content (AvgIpc) is 2.46. The molecule has 0 bridgehead atoms. The lowest BCUT2D eigenvalue weighted by molar-refractivity contribution is 1.25. The van der Waals surface area contributed by atoms with Crippen molar-refractivity contribution in [1.82, 2.24) is 0 Å². The van der Waals surface area contributed by atoms with E-state index in [0.29, 0.717) is 6.54 Å². The van der Waals surface area contributed by atoms with E-state index in [2.05, 4.69) is 62.1 Å². The molecule has 2 aromatic rings. The zero-order chi connectivity index (χ0) is 14.4. The number of thioether (sulfide) groups is 1. The molecule has 0 aliphatic heterocycles. The van der Waals surface area contributed by atoms with Crippen molar-refractivity contribution >= 4 is 11.8 Å². The molecule has 2 heteroatoms. The fourth-order valence-electron chi connectivity index (χ4n) is 1.92. The minimum atomic E-state index is 0.404. The first-order valence-corrected chi connectivity index (χ1v) is 7.65. The van der Waals surface area contributed by atoms with E-state index in [0.717, 1.165) is 11.3 Å². The van der Waals surface area contributed by atoms with Gasteiger partial charge >= 0.3 is 0 Å². The van der Waals surface area contributed by atoms with Gasteiger partial charge in [0.25, 0.3) is 0 Å². The highest BCUT2D eigenvalue weighted by molar-refractivity contribution is 7.98. The summed E-state index contributed by atoms with van der Waals surface area (Å²) in [6.45, 7) is 4.69. The van der Waals surface area contributed by atoms with E-state index in [4.69, 9.17) is 5.73 Å². The molecule has 0 unspecified atom stereocenters. The molecule has 1 nitrogen and oxygen atoms in total. The van der Waals surface area contributed by atoms with Crippen LogP contribution >= 0.6 is 11.8 Å². The molecule has 0 saturated carbocycles. The highest BCUT2D eigenvalue weighted by atomic mass is 32.2. The number of benzene rings is 2. The van der Waals surface area contributed by atoms with Crippen LogP contribution in [0.1, 0.15) is 22.3 Å². The number of nitrogens with two attached hydrogens (primary N) is 1. The molecule has 0 heterocycles. The molecule has 0 radical (unpaired) electrons. The normalized spacial score (nSPS) is 9.95. The second-order valence-corrected chi connectivity index (χ2v) is 5.78. The van der Waals surface area contributed by atoms with Gasteiger partial charge in [-0.05, 0) is 43.2 Å². The molecule has 2 aromatic carbocycles. The van der Waals surface area contributed by atoms with E-state index in [-0.39, 0.29) is 0 Å². The first kappa shape index (κ1) is 14.7. The molecule has 0 fully saturated rings. The predicted molar refractivity (Wildman–Crippen MR) is 87.9 cm³/mol. The molecule has 0 aliphatic rings. The van der Waals surface area contributed by atoms with E-state index in [9.17, 15) is 0 Å². The zero-order valence-corrected chi connectivity index (χ0v) is 12.8. The molecular weight excluding hydrogens is 262 g/mol. The zero-order valence-electron chi connectivity index (χ0n) is 11.9. The topological polar surface area (TPSA) is 26.0 Å². The molecular formula is C18H19NS. The van der Waals surface area contributed by atoms with Crippen molar-refractivity contribution < 1.29 is 0 Å². The van der Waals surface area contributed by atoms with Gasteiger partial charge in [0.2, 0.25) is 0 Å². The van der Waals surface area contributed by atoms with Crippen molar-refractivity contribution in [2.45, 2.75) is 24.5 Å². The number of hydrogen-bond donors (Lipinski definition) is 1. The minimum Gasteiger partial charge on any atom is -0.320 e. The first-order chi connectivity index (χ1) is 9.69. The van der Waals surface area contributed by atoms with Crippen LogP contribution in [-0.4, -0.2) is 6.54 Å². The summed E-state index contributed by atoms with van der Waals surface area (Å²) in [4.78, 5) is 1.35. The largest absolute Gasteiger partial charge is 0.320 e. The quantitative estimate of drug-likeness (QED) is 0.682. The van der Waals surface area contributed by atoms with Gasteiger partial charge in [-0.3, -0.25) is 0 Å². The van der Waals surface area contributed by atoms with E-state index in [1.807, 2.05) is 17.8 Å². The lowest BCUT2D eigenvalue weighted by Crippen LogP contribution is -1.93. The number of hydrogen-bond acceptors (Lipinski definition) is 2. The number of aryl methyl sites for hydroxylation is 2. The molecule has 2 N–H and O–H groups in total. The van der Waals surface area contributed by atoms with Crippen molar-refractivity contribution in [3.63, 3.8) is 0 Å². The summed E-state index contributed by atoms with van der Waals surface area (Å²) < 4.78 is 0. The second-order valence-electron chi connectivity index (χ2n) is 4.76. The molecule has 0 aliphatic carbocycles. The Balaban J connectivity index is 2.09. The third kappa shape index (κ3) is 4.16. The van der Waals surface area contributed by atoms with Gasteiger partial charge in [-0.2, -0.15) is 0 Å². The van der Waals surface area contributed by atoms with Crippen LogP contribution in [0.15, 0.2) is 47.4 Å². The fraction of sp³-hybridized carbons (Fsp3) is 0.222. The van der Waals surface area contributed by atoms with Gasteiger partial charge in [-0.15, -0.1) is 11.8 Å². The molecule has 0 spiro atoms. The van der Waals surface area contributed by atoms with Crippen molar-refractivity contribution in [2.24, 2.45) is 5.73 Å². The van der Waals surface area contributed by atoms with Crippen LogP contribution in [0.4, 0.5) is 0 Å². The van der Waals surface area contributed by atoms with Crippen molar-refractivity contribution in [3.05, 3.63) is 64.7 Å². The highest BCUT2D eigenvalue weighted by Gasteiger charge is 2.01. The number of rotatable bonds is 3.